The fourth-order valence-electron chi connectivity index (χ4n) is 0.890. The maximum absolute atomic E-state index is 9.78. The number of rotatable bonds is 4. The molecule has 5 heteroatoms. The van der Waals surface area contributed by atoms with Crippen molar-refractivity contribution in [3.05, 3.63) is 60.2 Å². The van der Waals surface area contributed by atoms with Gasteiger partial charge in [0.2, 0.25) is 0 Å². The molecule has 0 aliphatic rings. The van der Waals surface area contributed by atoms with Gasteiger partial charge in [-0.25, -0.2) is 9.59 Å². The highest BCUT2D eigenvalue weighted by Gasteiger charge is 1.83. The van der Waals surface area contributed by atoms with E-state index in [1.807, 2.05) is 30.3 Å². The Kier molecular flexibility index (Phi) is 8.49. The number of aliphatic carboxylic acids is 2. The Morgan fingerprint density at radius 2 is 1.44 bits per heavy atom. The summed E-state index contributed by atoms with van der Waals surface area (Å²) in [5, 5.41) is 16.0. The van der Waals surface area contributed by atoms with Gasteiger partial charge in [0.25, 0.3) is 0 Å². The summed E-state index contributed by atoms with van der Waals surface area (Å²) < 4.78 is 0. The van der Waals surface area contributed by atoms with Gasteiger partial charge in [0, 0.05) is 18.7 Å². The van der Waals surface area contributed by atoms with Crippen molar-refractivity contribution >= 4 is 11.9 Å². The van der Waals surface area contributed by atoms with Crippen molar-refractivity contribution in [1.82, 2.24) is 0 Å². The van der Waals surface area contributed by atoms with Gasteiger partial charge in [-0.1, -0.05) is 42.5 Å². The maximum Gasteiger partial charge on any atom is 0.328 e. The summed E-state index contributed by atoms with van der Waals surface area (Å²) >= 11 is 0. The average Bonchev–Trinajstić information content (AvgIpc) is 2.36. The van der Waals surface area contributed by atoms with Crippen LogP contribution < -0.4 is 5.73 Å². The Bertz CT molecular complexity index is 402. The second-order valence-corrected chi connectivity index (χ2v) is 3.08. The zero-order valence-corrected chi connectivity index (χ0v) is 9.69. The Labute approximate surface area is 105 Å². The van der Waals surface area contributed by atoms with Crippen LogP contribution in [0.5, 0.6) is 0 Å². The molecule has 0 aromatic heterocycles. The largest absolute Gasteiger partial charge is 0.478 e. The minimum Gasteiger partial charge on any atom is -0.478 e. The molecule has 1 aromatic carbocycles. The Morgan fingerprint density at radius 3 is 1.72 bits per heavy atom. The van der Waals surface area contributed by atoms with Crippen LogP contribution >= 0.6 is 0 Å². The number of allylic oxidation sites excluding steroid dienone is 2. The normalized spacial score (nSPS) is 10.1. The molecular weight excluding hydrogens is 234 g/mol. The van der Waals surface area contributed by atoms with Gasteiger partial charge in [-0.15, -0.1) is 0 Å². The molecule has 0 amide bonds. The van der Waals surface area contributed by atoms with E-state index in [0.29, 0.717) is 6.54 Å². The minimum atomic E-state index is -1.10. The highest BCUT2D eigenvalue weighted by molar-refractivity contribution is 5.82. The van der Waals surface area contributed by atoms with Crippen LogP contribution in [-0.4, -0.2) is 22.2 Å². The smallest absolute Gasteiger partial charge is 0.328 e. The number of carbonyl (C=O) groups is 2. The number of benzene rings is 1. The second kappa shape index (κ2) is 9.80. The molecule has 0 heterocycles. The number of hydrogen-bond acceptors (Lipinski definition) is 3. The molecule has 0 aliphatic carbocycles. The van der Waals surface area contributed by atoms with E-state index in [9.17, 15) is 9.59 Å². The molecule has 0 unspecified atom stereocenters. The third-order valence-corrected chi connectivity index (χ3v) is 1.67. The van der Waals surface area contributed by atoms with Crippen LogP contribution in [-0.2, 0) is 16.1 Å². The van der Waals surface area contributed by atoms with Gasteiger partial charge in [-0.3, -0.25) is 0 Å². The SMILES string of the molecule is NCc1ccccc1.O=C(O)/C=C\C=C/C(=O)O. The summed E-state index contributed by atoms with van der Waals surface area (Å²) in [7, 11) is 0. The van der Waals surface area contributed by atoms with E-state index in [1.165, 1.54) is 5.56 Å². The molecule has 0 atom stereocenters. The van der Waals surface area contributed by atoms with Crippen molar-refractivity contribution in [2.45, 2.75) is 6.54 Å². The summed E-state index contributed by atoms with van der Waals surface area (Å²) in [4.78, 5) is 19.6. The van der Waals surface area contributed by atoms with Crippen LogP contribution in [0.3, 0.4) is 0 Å². The lowest BCUT2D eigenvalue weighted by Gasteiger charge is -1.90. The molecule has 18 heavy (non-hydrogen) atoms. The Balaban J connectivity index is 0.000000327. The van der Waals surface area contributed by atoms with Crippen molar-refractivity contribution in [3.8, 4) is 0 Å². The Hall–Kier alpha value is -2.40. The first-order chi connectivity index (χ1) is 8.56. The molecule has 1 rings (SSSR count). The van der Waals surface area contributed by atoms with E-state index in [-0.39, 0.29) is 0 Å². The quantitative estimate of drug-likeness (QED) is 0.553. The molecule has 4 N–H and O–H groups in total. The summed E-state index contributed by atoms with van der Waals surface area (Å²) in [6, 6.07) is 9.99. The highest BCUT2D eigenvalue weighted by atomic mass is 16.4. The van der Waals surface area contributed by atoms with E-state index < -0.39 is 11.9 Å². The number of carboxylic acids is 2. The average molecular weight is 249 g/mol. The molecule has 0 saturated heterocycles. The molecule has 5 nitrogen and oxygen atoms in total. The van der Waals surface area contributed by atoms with Gasteiger partial charge < -0.3 is 15.9 Å². The van der Waals surface area contributed by atoms with Crippen LogP contribution in [0.15, 0.2) is 54.6 Å². The number of carboxylic acid groups (broad SMARTS) is 2. The zero-order valence-electron chi connectivity index (χ0n) is 9.69. The molecule has 0 spiro atoms. The van der Waals surface area contributed by atoms with Gasteiger partial charge >= 0.3 is 11.9 Å². The minimum absolute atomic E-state index is 0.640. The zero-order chi connectivity index (χ0) is 13.8. The first-order valence-corrected chi connectivity index (χ1v) is 5.11. The third kappa shape index (κ3) is 10.1. The van der Waals surface area contributed by atoms with Gasteiger partial charge in [0.05, 0.1) is 0 Å². The van der Waals surface area contributed by atoms with Crippen LogP contribution in [0.2, 0.25) is 0 Å². The number of nitrogens with two attached hydrogens (primary N) is 1. The van der Waals surface area contributed by atoms with E-state index in [0.717, 1.165) is 24.3 Å². The molecule has 1 aromatic rings. The second-order valence-electron chi connectivity index (χ2n) is 3.08. The predicted octanol–water partition coefficient (Wildman–Crippen LogP) is 1.41. The van der Waals surface area contributed by atoms with Crippen LogP contribution in [0.1, 0.15) is 5.56 Å². The van der Waals surface area contributed by atoms with E-state index in [2.05, 4.69) is 0 Å². The van der Waals surface area contributed by atoms with Gasteiger partial charge in [0.15, 0.2) is 0 Å². The lowest BCUT2D eigenvalue weighted by molar-refractivity contribution is -0.132. The molecular formula is C13H15NO4. The van der Waals surface area contributed by atoms with Crippen molar-refractivity contribution < 1.29 is 19.8 Å². The topological polar surface area (TPSA) is 101 Å². The first kappa shape index (κ1) is 15.6. The van der Waals surface area contributed by atoms with E-state index >= 15 is 0 Å². The van der Waals surface area contributed by atoms with Gasteiger partial charge in [0.1, 0.15) is 0 Å². The lowest BCUT2D eigenvalue weighted by atomic mass is 10.2. The van der Waals surface area contributed by atoms with Crippen LogP contribution in [0.25, 0.3) is 0 Å². The summed E-state index contributed by atoms with van der Waals surface area (Å²) in [6.07, 6.45) is 3.96. The summed E-state index contributed by atoms with van der Waals surface area (Å²) in [5.74, 6) is -2.20. The van der Waals surface area contributed by atoms with Crippen LogP contribution in [0.4, 0.5) is 0 Å². The standard InChI is InChI=1S/C7H9N.C6H6O4/c8-6-7-4-2-1-3-5-7;7-5(8)3-1-2-4-6(9)10/h1-5H,6,8H2;1-4H,(H,7,8)(H,9,10)/b;3-1-,4-2-. The molecule has 0 bridgehead atoms. The van der Waals surface area contributed by atoms with Gasteiger partial charge in [-0.05, 0) is 5.56 Å². The number of hydrogen-bond donors (Lipinski definition) is 3. The van der Waals surface area contributed by atoms with Crippen LogP contribution in [0, 0.1) is 0 Å². The first-order valence-electron chi connectivity index (χ1n) is 5.11. The highest BCUT2D eigenvalue weighted by Crippen LogP contribution is 1.94. The third-order valence-electron chi connectivity index (χ3n) is 1.67. The summed E-state index contributed by atoms with van der Waals surface area (Å²) in [5.41, 5.74) is 6.54. The maximum atomic E-state index is 9.78. The fraction of sp³-hybridized carbons (Fsp3) is 0.0769. The molecule has 0 radical (unpaired) electrons. The lowest BCUT2D eigenvalue weighted by Crippen LogP contribution is -1.94. The van der Waals surface area contributed by atoms with Crippen molar-refractivity contribution in [2.75, 3.05) is 0 Å². The fourth-order valence-corrected chi connectivity index (χ4v) is 0.890. The molecule has 0 saturated carbocycles. The summed E-state index contributed by atoms with van der Waals surface area (Å²) in [6.45, 7) is 0.640. The van der Waals surface area contributed by atoms with E-state index in [1.54, 1.807) is 0 Å². The van der Waals surface area contributed by atoms with Crippen molar-refractivity contribution in [1.29, 1.82) is 0 Å². The monoisotopic (exact) mass is 249 g/mol. The van der Waals surface area contributed by atoms with Gasteiger partial charge in [-0.2, -0.15) is 0 Å². The predicted molar refractivity (Wildman–Crippen MR) is 67.9 cm³/mol. The molecule has 0 fully saturated rings. The molecule has 0 aliphatic heterocycles. The van der Waals surface area contributed by atoms with Crippen molar-refractivity contribution in [2.24, 2.45) is 5.73 Å². The van der Waals surface area contributed by atoms with E-state index in [4.69, 9.17) is 15.9 Å². The Morgan fingerprint density at radius 1 is 1.00 bits per heavy atom. The van der Waals surface area contributed by atoms with Crippen molar-refractivity contribution in [3.63, 3.8) is 0 Å². The molecule has 96 valence electrons.